The van der Waals surface area contributed by atoms with Crippen LogP contribution in [-0.2, 0) is 16.1 Å². The van der Waals surface area contributed by atoms with Gasteiger partial charge in [-0.15, -0.1) is 0 Å². The smallest absolute Gasteiger partial charge is 0.267 e. The number of aryl methyl sites for hydroxylation is 1. The highest BCUT2D eigenvalue weighted by atomic mass is 32.2. The number of methoxy groups -OCH3 is 1. The summed E-state index contributed by atoms with van der Waals surface area (Å²) in [7, 11) is 1.60. The van der Waals surface area contributed by atoms with Gasteiger partial charge in [0.25, 0.3) is 11.5 Å². The van der Waals surface area contributed by atoms with Crippen molar-refractivity contribution in [2.75, 3.05) is 25.1 Å². The summed E-state index contributed by atoms with van der Waals surface area (Å²) in [5.41, 5.74) is 7.89. The molecular formula is C27H27N5O4S2. The molecule has 2 aliphatic heterocycles. The molecule has 0 atom stereocenters. The Morgan fingerprint density at radius 1 is 1.18 bits per heavy atom. The number of primary amides is 1. The van der Waals surface area contributed by atoms with Crippen LogP contribution in [0.25, 0.3) is 11.7 Å². The molecule has 1 aromatic carbocycles. The second-order valence-electron chi connectivity index (χ2n) is 9.37. The van der Waals surface area contributed by atoms with Crippen LogP contribution >= 0.6 is 24.0 Å². The number of piperidine rings is 1. The van der Waals surface area contributed by atoms with Gasteiger partial charge < -0.3 is 15.4 Å². The Bertz CT molecular complexity index is 1520. The summed E-state index contributed by atoms with van der Waals surface area (Å²) in [5, 5.41) is 0. The lowest BCUT2D eigenvalue weighted by Crippen LogP contribution is -2.40. The van der Waals surface area contributed by atoms with Gasteiger partial charge in [0.1, 0.15) is 21.5 Å². The Morgan fingerprint density at radius 2 is 1.89 bits per heavy atom. The molecule has 0 unspecified atom stereocenters. The second kappa shape index (κ2) is 10.6. The van der Waals surface area contributed by atoms with Crippen molar-refractivity contribution in [3.63, 3.8) is 0 Å². The van der Waals surface area contributed by atoms with Crippen molar-refractivity contribution in [3.8, 4) is 5.75 Å². The molecule has 2 aliphatic rings. The van der Waals surface area contributed by atoms with E-state index in [1.165, 1.54) is 21.1 Å². The van der Waals surface area contributed by atoms with Gasteiger partial charge in [-0.3, -0.25) is 23.7 Å². The normalized spacial score (nSPS) is 17.6. The molecule has 38 heavy (non-hydrogen) atoms. The number of rotatable bonds is 6. The maximum absolute atomic E-state index is 13.7. The van der Waals surface area contributed by atoms with Crippen LogP contribution in [0.3, 0.4) is 0 Å². The molecule has 0 radical (unpaired) electrons. The maximum Gasteiger partial charge on any atom is 0.267 e. The third kappa shape index (κ3) is 5.03. The number of nitrogens with two attached hydrogens (primary N) is 1. The van der Waals surface area contributed by atoms with Crippen molar-refractivity contribution in [2.45, 2.75) is 26.3 Å². The zero-order valence-corrected chi connectivity index (χ0v) is 22.7. The molecule has 0 spiro atoms. The van der Waals surface area contributed by atoms with Gasteiger partial charge >= 0.3 is 0 Å². The highest BCUT2D eigenvalue weighted by molar-refractivity contribution is 8.26. The standard InChI is InChI=1S/C27H27N5O4S2/c1-16-3-8-22-29-24(30-11-9-18(10-12-30)23(28)33)20(25(34)31(22)14-16)13-21-26(35)32(27(37)38-21)15-17-4-6-19(36-2)7-5-17/h3-8,13-14,18H,9-12,15H2,1-2H3,(H2,28,33)/b21-13+. The lowest BCUT2D eigenvalue weighted by molar-refractivity contribution is -0.123. The number of amides is 2. The lowest BCUT2D eigenvalue weighted by atomic mass is 9.96. The van der Waals surface area contributed by atoms with Gasteiger partial charge in [0.15, 0.2) is 0 Å². The number of pyridine rings is 1. The summed E-state index contributed by atoms with van der Waals surface area (Å²) in [6.45, 7) is 3.27. The Balaban J connectivity index is 1.51. The zero-order chi connectivity index (χ0) is 27.0. The molecule has 196 valence electrons. The highest BCUT2D eigenvalue weighted by Crippen LogP contribution is 2.35. The van der Waals surface area contributed by atoms with E-state index in [1.54, 1.807) is 25.4 Å². The summed E-state index contributed by atoms with van der Waals surface area (Å²) in [5.74, 6) is 0.441. The summed E-state index contributed by atoms with van der Waals surface area (Å²) in [6, 6.07) is 11.1. The van der Waals surface area contributed by atoms with Gasteiger partial charge in [-0.1, -0.05) is 42.2 Å². The van der Waals surface area contributed by atoms with Crippen LogP contribution in [0.1, 0.15) is 29.5 Å². The number of benzene rings is 1. The first-order valence-corrected chi connectivity index (χ1v) is 13.4. The average Bonchev–Trinajstić information content (AvgIpc) is 3.18. The Hall–Kier alpha value is -3.70. The minimum Gasteiger partial charge on any atom is -0.497 e. The Morgan fingerprint density at radius 3 is 2.55 bits per heavy atom. The number of carbonyl (C=O) groups excluding carboxylic acids is 2. The van der Waals surface area contributed by atoms with Crippen LogP contribution in [0.5, 0.6) is 5.75 Å². The van der Waals surface area contributed by atoms with E-state index in [-0.39, 0.29) is 23.3 Å². The monoisotopic (exact) mass is 549 g/mol. The predicted molar refractivity (Wildman–Crippen MR) is 152 cm³/mol. The second-order valence-corrected chi connectivity index (χ2v) is 11.0. The molecule has 9 nitrogen and oxygen atoms in total. The minimum atomic E-state index is -0.313. The van der Waals surface area contributed by atoms with E-state index in [9.17, 15) is 14.4 Å². The van der Waals surface area contributed by atoms with Crippen LogP contribution in [0, 0.1) is 12.8 Å². The van der Waals surface area contributed by atoms with Crippen molar-refractivity contribution < 1.29 is 14.3 Å². The van der Waals surface area contributed by atoms with E-state index in [0.29, 0.717) is 58.7 Å². The Kier molecular flexibility index (Phi) is 7.22. The fraction of sp³-hybridized carbons (Fsp3) is 0.296. The van der Waals surface area contributed by atoms with Crippen LogP contribution in [0.2, 0.25) is 0 Å². The molecule has 2 saturated heterocycles. The van der Waals surface area contributed by atoms with Crippen molar-refractivity contribution in [3.05, 3.63) is 74.5 Å². The van der Waals surface area contributed by atoms with Gasteiger partial charge in [-0.25, -0.2) is 4.98 Å². The first-order chi connectivity index (χ1) is 18.2. The number of hydrogen-bond donors (Lipinski definition) is 1. The molecule has 3 aromatic rings. The summed E-state index contributed by atoms with van der Waals surface area (Å²) < 4.78 is 7.13. The van der Waals surface area contributed by atoms with Crippen LogP contribution < -0.4 is 20.9 Å². The molecule has 2 fully saturated rings. The SMILES string of the molecule is COc1ccc(CN2C(=O)/C(=C\c3c(N4CCC(C(N)=O)CC4)nc4ccc(C)cn4c3=O)SC2=S)cc1. The van der Waals surface area contributed by atoms with Gasteiger partial charge in [0, 0.05) is 25.2 Å². The van der Waals surface area contributed by atoms with E-state index in [4.69, 9.17) is 27.7 Å². The quantitative estimate of drug-likeness (QED) is 0.369. The van der Waals surface area contributed by atoms with Crippen molar-refractivity contribution >= 4 is 57.7 Å². The first-order valence-electron chi connectivity index (χ1n) is 12.2. The maximum atomic E-state index is 13.7. The van der Waals surface area contributed by atoms with E-state index in [1.807, 2.05) is 42.2 Å². The fourth-order valence-electron chi connectivity index (χ4n) is 4.67. The zero-order valence-electron chi connectivity index (χ0n) is 21.0. The number of thiocarbonyl (C=S) groups is 1. The molecule has 0 bridgehead atoms. The molecule has 0 aliphatic carbocycles. The van der Waals surface area contributed by atoms with E-state index in [2.05, 4.69) is 0 Å². The third-order valence-corrected chi connectivity index (χ3v) is 8.21. The number of anilines is 1. The third-order valence-electron chi connectivity index (χ3n) is 6.83. The Labute approximate surface area is 229 Å². The van der Waals surface area contributed by atoms with Crippen LogP contribution in [0.4, 0.5) is 5.82 Å². The van der Waals surface area contributed by atoms with Crippen LogP contribution in [0.15, 0.2) is 52.3 Å². The van der Waals surface area contributed by atoms with Crippen molar-refractivity contribution in [1.29, 1.82) is 0 Å². The van der Waals surface area contributed by atoms with E-state index in [0.717, 1.165) is 16.9 Å². The number of hydrogen-bond acceptors (Lipinski definition) is 8. The number of ether oxygens (including phenoxy) is 1. The van der Waals surface area contributed by atoms with Crippen molar-refractivity contribution in [2.24, 2.45) is 11.7 Å². The molecule has 2 amide bonds. The number of nitrogens with zero attached hydrogens (tertiary/aromatic N) is 4. The summed E-state index contributed by atoms with van der Waals surface area (Å²) in [4.78, 5) is 47.5. The number of aromatic nitrogens is 2. The van der Waals surface area contributed by atoms with Gasteiger partial charge in [0.2, 0.25) is 5.91 Å². The summed E-state index contributed by atoms with van der Waals surface area (Å²) in [6.07, 6.45) is 4.49. The molecule has 2 N–H and O–H groups in total. The lowest BCUT2D eigenvalue weighted by Gasteiger charge is -2.32. The highest BCUT2D eigenvalue weighted by Gasteiger charge is 2.33. The van der Waals surface area contributed by atoms with E-state index < -0.39 is 0 Å². The number of thioether (sulfide) groups is 1. The summed E-state index contributed by atoms with van der Waals surface area (Å²) >= 11 is 6.70. The first kappa shape index (κ1) is 25.9. The topological polar surface area (TPSA) is 110 Å². The number of fused-ring (bicyclic) bond motifs is 1. The molecule has 5 rings (SSSR count). The molecule has 4 heterocycles. The average molecular weight is 550 g/mol. The molecule has 11 heteroatoms. The molecular weight excluding hydrogens is 522 g/mol. The molecule has 0 saturated carbocycles. The molecule has 2 aromatic heterocycles. The minimum absolute atomic E-state index is 0.201. The predicted octanol–water partition coefficient (Wildman–Crippen LogP) is 3.11. The van der Waals surface area contributed by atoms with E-state index >= 15 is 0 Å². The van der Waals surface area contributed by atoms with Gasteiger partial charge in [0.05, 0.1) is 24.1 Å². The van der Waals surface area contributed by atoms with Gasteiger partial charge in [-0.2, -0.15) is 0 Å². The van der Waals surface area contributed by atoms with Gasteiger partial charge in [-0.05, 0) is 55.2 Å². The largest absolute Gasteiger partial charge is 0.497 e. The van der Waals surface area contributed by atoms with Crippen LogP contribution in [-0.4, -0.2) is 50.6 Å². The van der Waals surface area contributed by atoms with Crippen molar-refractivity contribution in [1.82, 2.24) is 14.3 Å². The number of carbonyl (C=O) groups is 2. The fourth-order valence-corrected chi connectivity index (χ4v) is 5.91.